The number of halogens is 3. The predicted molar refractivity (Wildman–Crippen MR) is 80.3 cm³/mol. The molecule has 2 aromatic rings. The molecule has 24 heavy (non-hydrogen) atoms. The van der Waals surface area contributed by atoms with Gasteiger partial charge in [0.1, 0.15) is 0 Å². The number of methoxy groups -OCH3 is 1. The van der Waals surface area contributed by atoms with Crippen LogP contribution in [0.25, 0.3) is 0 Å². The van der Waals surface area contributed by atoms with E-state index in [0.717, 1.165) is 23.9 Å². The summed E-state index contributed by atoms with van der Waals surface area (Å²) >= 11 is 0. The van der Waals surface area contributed by atoms with Crippen LogP contribution in [0.5, 0.6) is 0 Å². The summed E-state index contributed by atoms with van der Waals surface area (Å²) in [5.41, 5.74) is -1.56. The Morgan fingerprint density at radius 3 is 2.17 bits per heavy atom. The summed E-state index contributed by atoms with van der Waals surface area (Å²) in [5, 5.41) is 0. The minimum Gasteiger partial charge on any atom is -0.465 e. The molecule has 0 spiro atoms. The maximum Gasteiger partial charge on any atom is 0.417 e. The van der Waals surface area contributed by atoms with Crippen LogP contribution in [0, 0.1) is 13.8 Å². The number of aromatic nitrogens is 1. The monoisotopic (exact) mass is 340 g/mol. The van der Waals surface area contributed by atoms with Crippen LogP contribution in [-0.2, 0) is 10.9 Å². The average molecular weight is 340 g/mol. The fourth-order valence-corrected chi connectivity index (χ4v) is 2.55. The third kappa shape index (κ3) is 2.75. The minimum absolute atomic E-state index is 0.139. The Balaban J connectivity index is 2.73. The van der Waals surface area contributed by atoms with Gasteiger partial charge in [0.2, 0.25) is 0 Å². The van der Waals surface area contributed by atoms with Gasteiger partial charge in [-0.15, -0.1) is 0 Å². The fraction of sp³-hybridized carbons (Fsp3) is 0.250. The lowest BCUT2D eigenvalue weighted by atomic mass is 9.95. The van der Waals surface area contributed by atoms with Gasteiger partial charge < -0.3 is 10.6 Å². The first kappa shape index (κ1) is 17.6. The van der Waals surface area contributed by atoms with Gasteiger partial charge in [0.15, 0.2) is 5.78 Å². The normalized spacial score (nSPS) is 11.4. The lowest BCUT2D eigenvalue weighted by Crippen LogP contribution is -2.17. The molecular weight excluding hydrogens is 325 g/mol. The summed E-state index contributed by atoms with van der Waals surface area (Å²) in [6.07, 6.45) is -4.70. The second kappa shape index (κ2) is 6.03. The molecular formula is C16H15F3N2O3. The van der Waals surface area contributed by atoms with Crippen LogP contribution in [0.15, 0.2) is 24.3 Å². The van der Waals surface area contributed by atoms with Crippen molar-refractivity contribution in [3.63, 3.8) is 0 Å². The SMILES string of the molecule is COC(=O)c1c(C(=O)c2ccccc2C(F)(F)F)c(C)n(N)c1C. The van der Waals surface area contributed by atoms with Crippen LogP contribution >= 0.6 is 0 Å². The number of ketones is 1. The van der Waals surface area contributed by atoms with Gasteiger partial charge in [0, 0.05) is 11.3 Å². The Labute approximate surface area is 135 Å². The Kier molecular flexibility index (Phi) is 4.42. The van der Waals surface area contributed by atoms with Crippen LogP contribution < -0.4 is 5.84 Å². The Hall–Kier alpha value is -2.77. The van der Waals surface area contributed by atoms with E-state index in [-0.39, 0.29) is 22.5 Å². The number of carbonyl (C=O) groups excluding carboxylic acids is 2. The number of esters is 1. The lowest BCUT2D eigenvalue weighted by Gasteiger charge is -2.12. The van der Waals surface area contributed by atoms with E-state index in [1.807, 2.05) is 0 Å². The van der Waals surface area contributed by atoms with Crippen LogP contribution in [0.4, 0.5) is 13.2 Å². The first-order valence-electron chi connectivity index (χ1n) is 6.87. The Morgan fingerprint density at radius 2 is 1.62 bits per heavy atom. The highest BCUT2D eigenvalue weighted by Crippen LogP contribution is 2.34. The van der Waals surface area contributed by atoms with Crippen LogP contribution in [0.1, 0.15) is 43.2 Å². The third-order valence-electron chi connectivity index (χ3n) is 3.79. The van der Waals surface area contributed by atoms with E-state index in [0.29, 0.717) is 0 Å². The van der Waals surface area contributed by atoms with E-state index in [1.54, 1.807) is 0 Å². The number of nitrogen functional groups attached to an aromatic ring is 1. The van der Waals surface area contributed by atoms with Crippen LogP contribution in [-0.4, -0.2) is 23.5 Å². The zero-order valence-corrected chi connectivity index (χ0v) is 13.2. The minimum atomic E-state index is -4.70. The molecule has 0 aliphatic heterocycles. The number of nitrogens with zero attached hydrogens (tertiary/aromatic N) is 1. The summed E-state index contributed by atoms with van der Waals surface area (Å²) in [7, 11) is 1.11. The zero-order chi connectivity index (χ0) is 18.2. The van der Waals surface area contributed by atoms with Crippen molar-refractivity contribution in [3.05, 3.63) is 57.9 Å². The standard InChI is InChI=1S/C16H15F3N2O3/c1-8-12(13(15(23)24-3)9(2)21(8)20)14(22)10-6-4-5-7-11(10)16(17,18)19/h4-7H,20H2,1-3H3. The van der Waals surface area contributed by atoms with E-state index in [9.17, 15) is 22.8 Å². The molecule has 1 aromatic carbocycles. The van der Waals surface area contributed by atoms with Crippen molar-refractivity contribution in [2.45, 2.75) is 20.0 Å². The maximum atomic E-state index is 13.2. The van der Waals surface area contributed by atoms with Gasteiger partial charge in [-0.05, 0) is 19.9 Å². The van der Waals surface area contributed by atoms with E-state index in [1.165, 1.54) is 26.0 Å². The molecule has 0 fully saturated rings. The number of benzene rings is 1. The van der Waals surface area contributed by atoms with Gasteiger partial charge in [-0.1, -0.05) is 18.2 Å². The van der Waals surface area contributed by atoms with Crippen molar-refractivity contribution in [3.8, 4) is 0 Å². The molecule has 0 unspecified atom stereocenters. The number of hydrogen-bond acceptors (Lipinski definition) is 4. The van der Waals surface area contributed by atoms with Gasteiger partial charge >= 0.3 is 12.1 Å². The quantitative estimate of drug-likeness (QED) is 0.530. The molecule has 0 amide bonds. The van der Waals surface area contributed by atoms with Crippen LogP contribution in [0.3, 0.4) is 0 Å². The fourth-order valence-electron chi connectivity index (χ4n) is 2.55. The van der Waals surface area contributed by atoms with Crippen molar-refractivity contribution in [1.82, 2.24) is 4.68 Å². The number of nitrogens with two attached hydrogens (primary N) is 1. The largest absolute Gasteiger partial charge is 0.465 e. The highest BCUT2D eigenvalue weighted by Gasteiger charge is 2.37. The molecule has 5 nitrogen and oxygen atoms in total. The molecule has 2 N–H and O–H groups in total. The average Bonchev–Trinajstić information content (AvgIpc) is 2.77. The van der Waals surface area contributed by atoms with Gasteiger partial charge in [-0.3, -0.25) is 9.47 Å². The van der Waals surface area contributed by atoms with Crippen molar-refractivity contribution in [2.75, 3.05) is 13.0 Å². The van der Waals surface area contributed by atoms with E-state index < -0.39 is 29.1 Å². The summed E-state index contributed by atoms with van der Waals surface area (Å²) in [5.74, 6) is 3.99. The molecule has 128 valence electrons. The molecule has 0 atom stereocenters. The Bertz CT molecular complexity index is 823. The van der Waals surface area contributed by atoms with Gasteiger partial charge in [-0.25, -0.2) is 4.79 Å². The number of carbonyl (C=O) groups is 2. The highest BCUT2D eigenvalue weighted by molar-refractivity contribution is 6.16. The number of rotatable bonds is 3. The number of hydrogen-bond donors (Lipinski definition) is 1. The molecule has 0 aliphatic carbocycles. The van der Waals surface area contributed by atoms with Crippen molar-refractivity contribution < 1.29 is 27.5 Å². The summed E-state index contributed by atoms with van der Waals surface area (Å²) in [6, 6.07) is 4.39. The molecule has 1 aromatic heterocycles. The lowest BCUT2D eigenvalue weighted by molar-refractivity contribution is -0.137. The molecule has 1 heterocycles. The second-order valence-corrected chi connectivity index (χ2v) is 5.15. The molecule has 0 saturated carbocycles. The first-order chi connectivity index (χ1) is 11.1. The molecule has 8 heteroatoms. The second-order valence-electron chi connectivity index (χ2n) is 5.15. The van der Waals surface area contributed by atoms with Crippen molar-refractivity contribution >= 4 is 11.8 Å². The summed E-state index contributed by atoms with van der Waals surface area (Å²) in [6.45, 7) is 2.93. The van der Waals surface area contributed by atoms with E-state index >= 15 is 0 Å². The predicted octanol–water partition coefficient (Wildman–Crippen LogP) is 2.86. The molecule has 2 rings (SSSR count). The molecule has 0 radical (unpaired) electrons. The molecule has 0 saturated heterocycles. The smallest absolute Gasteiger partial charge is 0.417 e. The number of ether oxygens (including phenoxy) is 1. The van der Waals surface area contributed by atoms with Gasteiger partial charge in [0.25, 0.3) is 0 Å². The Morgan fingerprint density at radius 1 is 1.08 bits per heavy atom. The van der Waals surface area contributed by atoms with Crippen molar-refractivity contribution in [2.24, 2.45) is 0 Å². The third-order valence-corrected chi connectivity index (χ3v) is 3.79. The highest BCUT2D eigenvalue weighted by atomic mass is 19.4. The van der Waals surface area contributed by atoms with Crippen molar-refractivity contribution in [1.29, 1.82) is 0 Å². The zero-order valence-electron chi connectivity index (χ0n) is 13.2. The maximum absolute atomic E-state index is 13.2. The van der Waals surface area contributed by atoms with Gasteiger partial charge in [0.05, 0.1) is 29.5 Å². The van der Waals surface area contributed by atoms with E-state index in [4.69, 9.17) is 5.84 Å². The molecule has 0 bridgehead atoms. The summed E-state index contributed by atoms with van der Waals surface area (Å²) < 4.78 is 45.2. The van der Waals surface area contributed by atoms with E-state index in [2.05, 4.69) is 4.74 Å². The summed E-state index contributed by atoms with van der Waals surface area (Å²) in [4.78, 5) is 24.7. The topological polar surface area (TPSA) is 74.3 Å². The number of alkyl halides is 3. The van der Waals surface area contributed by atoms with Gasteiger partial charge in [-0.2, -0.15) is 13.2 Å². The molecule has 0 aliphatic rings. The first-order valence-corrected chi connectivity index (χ1v) is 6.87. The van der Waals surface area contributed by atoms with Crippen LogP contribution in [0.2, 0.25) is 0 Å².